The van der Waals surface area contributed by atoms with Crippen LogP contribution in [0.25, 0.3) is 0 Å². The number of aromatic nitrogens is 1. The van der Waals surface area contributed by atoms with Gasteiger partial charge < -0.3 is 10.6 Å². The van der Waals surface area contributed by atoms with Crippen LogP contribution < -0.4 is 10.6 Å². The van der Waals surface area contributed by atoms with Gasteiger partial charge in [0.2, 0.25) is 10.0 Å². The van der Waals surface area contributed by atoms with Gasteiger partial charge in [0.1, 0.15) is 0 Å². The zero-order valence-electron chi connectivity index (χ0n) is 15.9. The lowest BCUT2D eigenvalue weighted by Crippen LogP contribution is -2.38. The molecule has 1 aromatic heterocycles. The molecule has 1 saturated heterocycles. The minimum Gasteiger partial charge on any atom is -0.357 e. The van der Waals surface area contributed by atoms with E-state index < -0.39 is 10.0 Å². The molecule has 0 amide bonds. The van der Waals surface area contributed by atoms with Crippen LogP contribution >= 0.6 is 35.3 Å². The molecule has 1 aliphatic heterocycles. The molecular formula is C16H30IN5O2S2. The second-order valence-electron chi connectivity index (χ2n) is 6.42. The Kier molecular flexibility index (Phi) is 9.76. The van der Waals surface area contributed by atoms with Crippen molar-refractivity contribution >= 4 is 51.3 Å². The molecule has 0 bridgehead atoms. The number of aliphatic imine (C=N–C) groups is 1. The molecule has 1 aromatic rings. The standard InChI is InChI=1S/C16H29N5O2S2.HI/c1-5-17-16(18-8-6-15-20-12(2)13(3)24-15)19-10-14-7-9-21(11-14)25(4,22)23;/h14H,5-11H2,1-4H3,(H2,17,18,19);1H. The van der Waals surface area contributed by atoms with Crippen molar-refractivity contribution in [1.29, 1.82) is 0 Å². The number of hydrogen-bond donors (Lipinski definition) is 2. The maximum atomic E-state index is 11.6. The number of halogens is 1. The van der Waals surface area contributed by atoms with Gasteiger partial charge in [0.05, 0.1) is 17.0 Å². The van der Waals surface area contributed by atoms with Crippen LogP contribution in [0.4, 0.5) is 0 Å². The molecule has 1 fully saturated rings. The van der Waals surface area contributed by atoms with E-state index in [1.54, 1.807) is 15.6 Å². The zero-order chi connectivity index (χ0) is 18.4. The van der Waals surface area contributed by atoms with Crippen molar-refractivity contribution in [3.05, 3.63) is 15.6 Å². The molecule has 7 nitrogen and oxygen atoms in total. The summed E-state index contributed by atoms with van der Waals surface area (Å²) in [6.45, 7) is 9.54. The van der Waals surface area contributed by atoms with E-state index in [1.807, 2.05) is 13.8 Å². The minimum atomic E-state index is -3.08. The monoisotopic (exact) mass is 515 g/mol. The number of nitrogens with one attached hydrogen (secondary N) is 2. The first-order valence-corrected chi connectivity index (χ1v) is 11.4. The first kappa shape index (κ1) is 23.6. The first-order valence-electron chi connectivity index (χ1n) is 8.69. The molecule has 150 valence electrons. The molecular weight excluding hydrogens is 485 g/mol. The normalized spacial score (nSPS) is 18.6. The molecule has 0 aromatic carbocycles. The summed E-state index contributed by atoms with van der Waals surface area (Å²) in [6.07, 6.45) is 3.01. The maximum Gasteiger partial charge on any atom is 0.211 e. The summed E-state index contributed by atoms with van der Waals surface area (Å²) >= 11 is 1.74. The Hall–Kier alpha value is -0.460. The molecule has 26 heavy (non-hydrogen) atoms. The number of rotatable bonds is 7. The molecule has 1 aliphatic rings. The summed E-state index contributed by atoms with van der Waals surface area (Å²) in [4.78, 5) is 10.4. The molecule has 2 rings (SSSR count). The smallest absolute Gasteiger partial charge is 0.211 e. The summed E-state index contributed by atoms with van der Waals surface area (Å²) in [5.41, 5.74) is 1.11. The minimum absolute atomic E-state index is 0. The van der Waals surface area contributed by atoms with Crippen molar-refractivity contribution in [1.82, 2.24) is 19.9 Å². The summed E-state index contributed by atoms with van der Waals surface area (Å²) in [7, 11) is -3.08. The number of guanidine groups is 1. The van der Waals surface area contributed by atoms with Gasteiger partial charge in [-0.2, -0.15) is 0 Å². The van der Waals surface area contributed by atoms with Crippen LogP contribution in [-0.2, 0) is 16.4 Å². The second kappa shape index (κ2) is 10.8. The summed E-state index contributed by atoms with van der Waals surface area (Å²) in [6, 6.07) is 0. The summed E-state index contributed by atoms with van der Waals surface area (Å²) in [5.74, 6) is 1.07. The molecule has 10 heteroatoms. The van der Waals surface area contributed by atoms with E-state index in [4.69, 9.17) is 0 Å². The molecule has 1 atom stereocenters. The van der Waals surface area contributed by atoms with Gasteiger partial charge in [-0.3, -0.25) is 4.99 Å². The highest BCUT2D eigenvalue weighted by molar-refractivity contribution is 14.0. The zero-order valence-corrected chi connectivity index (χ0v) is 19.9. The summed E-state index contributed by atoms with van der Waals surface area (Å²) in [5, 5.41) is 7.71. The number of thiazole rings is 1. The molecule has 0 radical (unpaired) electrons. The molecule has 0 saturated carbocycles. The van der Waals surface area contributed by atoms with E-state index in [2.05, 4.69) is 27.5 Å². The van der Waals surface area contributed by atoms with Crippen LogP contribution in [0.15, 0.2) is 4.99 Å². The van der Waals surface area contributed by atoms with E-state index >= 15 is 0 Å². The van der Waals surface area contributed by atoms with Crippen LogP contribution in [0.1, 0.15) is 28.9 Å². The number of nitrogens with zero attached hydrogens (tertiary/aromatic N) is 3. The van der Waals surface area contributed by atoms with Crippen LogP contribution in [0.3, 0.4) is 0 Å². The average molecular weight is 515 g/mol. The van der Waals surface area contributed by atoms with E-state index in [-0.39, 0.29) is 29.9 Å². The van der Waals surface area contributed by atoms with Crippen molar-refractivity contribution in [3.8, 4) is 0 Å². The lowest BCUT2D eigenvalue weighted by Gasteiger charge is -2.14. The molecule has 0 aliphatic carbocycles. The van der Waals surface area contributed by atoms with Gasteiger partial charge in [-0.25, -0.2) is 17.7 Å². The third kappa shape index (κ3) is 7.28. The Morgan fingerprint density at radius 1 is 1.38 bits per heavy atom. The van der Waals surface area contributed by atoms with Crippen molar-refractivity contribution in [2.45, 2.75) is 33.6 Å². The van der Waals surface area contributed by atoms with Crippen molar-refractivity contribution in [3.63, 3.8) is 0 Å². The Balaban J connectivity index is 0.00000338. The SMILES string of the molecule is CCNC(=NCC1CCN(S(C)(=O)=O)C1)NCCc1nc(C)c(C)s1.I. The molecule has 2 heterocycles. The third-order valence-electron chi connectivity index (χ3n) is 4.27. The van der Waals surface area contributed by atoms with Crippen LogP contribution in [0.2, 0.25) is 0 Å². The third-order valence-corrected chi connectivity index (χ3v) is 6.68. The largest absolute Gasteiger partial charge is 0.357 e. The Bertz CT molecular complexity index is 686. The second-order valence-corrected chi connectivity index (χ2v) is 9.69. The lowest BCUT2D eigenvalue weighted by atomic mass is 10.1. The lowest BCUT2D eigenvalue weighted by molar-refractivity contribution is 0.464. The van der Waals surface area contributed by atoms with Crippen molar-refractivity contribution < 1.29 is 8.42 Å². The predicted molar refractivity (Wildman–Crippen MR) is 119 cm³/mol. The van der Waals surface area contributed by atoms with Gasteiger partial charge in [0, 0.05) is 44.0 Å². The fourth-order valence-corrected chi connectivity index (χ4v) is 4.60. The molecule has 1 unspecified atom stereocenters. The fourth-order valence-electron chi connectivity index (χ4n) is 2.74. The van der Waals surface area contributed by atoms with Crippen LogP contribution in [0, 0.1) is 19.8 Å². The van der Waals surface area contributed by atoms with Gasteiger partial charge in [-0.15, -0.1) is 35.3 Å². The number of sulfonamides is 1. The molecule has 0 spiro atoms. The van der Waals surface area contributed by atoms with Gasteiger partial charge in [-0.1, -0.05) is 0 Å². The maximum absolute atomic E-state index is 11.6. The van der Waals surface area contributed by atoms with Crippen molar-refractivity contribution in [2.24, 2.45) is 10.9 Å². The quantitative estimate of drug-likeness (QED) is 0.329. The van der Waals surface area contributed by atoms with E-state index in [0.717, 1.165) is 42.6 Å². The Morgan fingerprint density at radius 3 is 2.65 bits per heavy atom. The number of hydrogen-bond acceptors (Lipinski definition) is 5. The van der Waals surface area contributed by atoms with E-state index in [9.17, 15) is 8.42 Å². The Labute approximate surface area is 178 Å². The average Bonchev–Trinajstić information content (AvgIpc) is 3.12. The summed E-state index contributed by atoms with van der Waals surface area (Å²) < 4.78 is 24.7. The Morgan fingerprint density at radius 2 is 2.12 bits per heavy atom. The fraction of sp³-hybridized carbons (Fsp3) is 0.750. The van der Waals surface area contributed by atoms with Gasteiger partial charge in [0.25, 0.3) is 0 Å². The van der Waals surface area contributed by atoms with Gasteiger partial charge in [-0.05, 0) is 33.1 Å². The van der Waals surface area contributed by atoms with E-state index in [0.29, 0.717) is 19.6 Å². The van der Waals surface area contributed by atoms with Gasteiger partial charge in [0.15, 0.2) is 5.96 Å². The van der Waals surface area contributed by atoms with Gasteiger partial charge >= 0.3 is 0 Å². The highest BCUT2D eigenvalue weighted by Gasteiger charge is 2.28. The van der Waals surface area contributed by atoms with E-state index in [1.165, 1.54) is 11.1 Å². The van der Waals surface area contributed by atoms with Crippen LogP contribution in [-0.4, -0.2) is 62.6 Å². The number of aryl methyl sites for hydroxylation is 2. The topological polar surface area (TPSA) is 86.7 Å². The van der Waals surface area contributed by atoms with Crippen molar-refractivity contribution in [2.75, 3.05) is 39.0 Å². The highest BCUT2D eigenvalue weighted by Crippen LogP contribution is 2.19. The predicted octanol–water partition coefficient (Wildman–Crippen LogP) is 1.76. The first-order chi connectivity index (χ1) is 11.8. The highest BCUT2D eigenvalue weighted by atomic mass is 127. The van der Waals surface area contributed by atoms with Crippen LogP contribution in [0.5, 0.6) is 0 Å². The molecule has 2 N–H and O–H groups in total.